The maximum absolute atomic E-state index is 9.50. The van der Waals surface area contributed by atoms with Crippen molar-refractivity contribution in [2.24, 2.45) is 0 Å². The minimum Gasteiger partial charge on any atom is -0.428 e. The first kappa shape index (κ1) is 9.84. The maximum Gasteiger partial charge on any atom is 0.0865 e. The van der Waals surface area contributed by atoms with Gasteiger partial charge in [-0.05, 0) is 23.6 Å². The molecule has 0 spiro atoms. The fourth-order valence-corrected chi connectivity index (χ4v) is 1.64. The second-order valence-corrected chi connectivity index (χ2v) is 4.01. The van der Waals surface area contributed by atoms with Crippen molar-refractivity contribution >= 4 is 0 Å². The molecule has 0 amide bonds. The van der Waals surface area contributed by atoms with Gasteiger partial charge in [0.1, 0.15) is 0 Å². The lowest BCUT2D eigenvalue weighted by Gasteiger charge is -2.07. The fraction of sp³-hybridized carbons (Fsp3) is 0.231. The van der Waals surface area contributed by atoms with E-state index in [9.17, 15) is 5.21 Å². The molecule has 2 rings (SSSR count). The summed E-state index contributed by atoms with van der Waals surface area (Å²) in [5.74, 6) is 0.542. The van der Waals surface area contributed by atoms with Gasteiger partial charge in [0.2, 0.25) is 0 Å². The molecule has 1 aromatic heterocycles. The minimum absolute atomic E-state index is 0.542. The van der Waals surface area contributed by atoms with Gasteiger partial charge < -0.3 is 5.21 Å². The van der Waals surface area contributed by atoms with Crippen molar-refractivity contribution in [2.45, 2.75) is 19.8 Å². The molecule has 0 saturated heterocycles. The molecule has 0 atom stereocenters. The Morgan fingerprint density at radius 1 is 1.07 bits per heavy atom. The van der Waals surface area contributed by atoms with E-state index in [-0.39, 0.29) is 0 Å². The summed E-state index contributed by atoms with van der Waals surface area (Å²) < 4.78 is 1.14. The Morgan fingerprint density at radius 3 is 2.20 bits per heavy atom. The largest absolute Gasteiger partial charge is 0.428 e. The molecule has 2 aromatic rings. The quantitative estimate of drug-likeness (QED) is 0.739. The average Bonchev–Trinajstić information content (AvgIpc) is 2.65. The Hall–Kier alpha value is -1.70. The predicted molar refractivity (Wildman–Crippen MR) is 61.1 cm³/mol. The van der Waals surface area contributed by atoms with Crippen LogP contribution in [-0.2, 0) is 0 Å². The van der Waals surface area contributed by atoms with Gasteiger partial charge in [-0.3, -0.25) is 0 Å². The molecular weight excluding hydrogens is 186 g/mol. The first-order valence-corrected chi connectivity index (χ1v) is 5.15. The monoisotopic (exact) mass is 201 g/mol. The number of aromatic nitrogens is 1. The van der Waals surface area contributed by atoms with E-state index in [2.05, 4.69) is 26.0 Å². The predicted octanol–water partition coefficient (Wildman–Crippen LogP) is 3.52. The van der Waals surface area contributed by atoms with Gasteiger partial charge in [-0.2, -0.15) is 4.73 Å². The lowest BCUT2D eigenvalue weighted by atomic mass is 10.0. The molecule has 0 aliphatic rings. The topological polar surface area (TPSA) is 25.2 Å². The molecule has 78 valence electrons. The molecule has 1 N–H and O–H groups in total. The summed E-state index contributed by atoms with van der Waals surface area (Å²) in [4.78, 5) is 0. The SMILES string of the molecule is CC(C)c1ccc(-c2cccn2O)cc1. The summed E-state index contributed by atoms with van der Waals surface area (Å²) >= 11 is 0. The van der Waals surface area contributed by atoms with Crippen LogP contribution in [0, 0.1) is 0 Å². The molecule has 0 radical (unpaired) electrons. The highest BCUT2D eigenvalue weighted by Crippen LogP contribution is 2.22. The van der Waals surface area contributed by atoms with E-state index in [1.54, 1.807) is 6.20 Å². The van der Waals surface area contributed by atoms with Gasteiger partial charge in [-0.1, -0.05) is 38.1 Å². The van der Waals surface area contributed by atoms with Crippen LogP contribution in [0.2, 0.25) is 0 Å². The normalized spacial score (nSPS) is 10.9. The van der Waals surface area contributed by atoms with Crippen LogP contribution in [0.4, 0.5) is 0 Å². The Balaban J connectivity index is 2.36. The van der Waals surface area contributed by atoms with Gasteiger partial charge in [0.15, 0.2) is 0 Å². The van der Waals surface area contributed by atoms with Crippen molar-refractivity contribution < 1.29 is 5.21 Å². The summed E-state index contributed by atoms with van der Waals surface area (Å²) in [5, 5.41) is 9.50. The number of hydrogen-bond acceptors (Lipinski definition) is 1. The average molecular weight is 201 g/mol. The zero-order valence-corrected chi connectivity index (χ0v) is 9.01. The van der Waals surface area contributed by atoms with Gasteiger partial charge >= 0.3 is 0 Å². The van der Waals surface area contributed by atoms with Crippen LogP contribution in [0.5, 0.6) is 0 Å². The van der Waals surface area contributed by atoms with Gasteiger partial charge in [-0.25, -0.2) is 0 Å². The Kier molecular flexibility index (Phi) is 2.50. The van der Waals surface area contributed by atoms with Crippen LogP contribution in [0.3, 0.4) is 0 Å². The van der Waals surface area contributed by atoms with E-state index < -0.39 is 0 Å². The molecule has 0 aliphatic heterocycles. The highest BCUT2D eigenvalue weighted by molar-refractivity contribution is 5.60. The third kappa shape index (κ3) is 1.89. The summed E-state index contributed by atoms with van der Waals surface area (Å²) in [6, 6.07) is 12.0. The third-order valence-corrected chi connectivity index (χ3v) is 2.60. The fourth-order valence-electron chi connectivity index (χ4n) is 1.64. The zero-order chi connectivity index (χ0) is 10.8. The summed E-state index contributed by atoms with van der Waals surface area (Å²) in [6.07, 6.45) is 1.63. The molecule has 2 heteroatoms. The molecule has 0 fully saturated rings. The lowest BCUT2D eigenvalue weighted by molar-refractivity contribution is 0.192. The summed E-state index contributed by atoms with van der Waals surface area (Å²) in [7, 11) is 0. The van der Waals surface area contributed by atoms with Gasteiger partial charge in [0.25, 0.3) is 0 Å². The molecule has 0 aliphatic carbocycles. The van der Waals surface area contributed by atoms with Crippen molar-refractivity contribution in [3.05, 3.63) is 48.2 Å². The smallest absolute Gasteiger partial charge is 0.0865 e. The number of benzene rings is 1. The highest BCUT2D eigenvalue weighted by Gasteiger charge is 2.03. The van der Waals surface area contributed by atoms with Crippen molar-refractivity contribution in [3.63, 3.8) is 0 Å². The molecule has 1 aromatic carbocycles. The third-order valence-electron chi connectivity index (χ3n) is 2.60. The van der Waals surface area contributed by atoms with E-state index in [0.717, 1.165) is 16.0 Å². The first-order chi connectivity index (χ1) is 7.18. The van der Waals surface area contributed by atoms with E-state index in [1.807, 2.05) is 24.3 Å². The molecule has 0 unspecified atom stereocenters. The Morgan fingerprint density at radius 2 is 1.73 bits per heavy atom. The van der Waals surface area contributed by atoms with Crippen LogP contribution < -0.4 is 0 Å². The van der Waals surface area contributed by atoms with Crippen LogP contribution in [0.25, 0.3) is 11.3 Å². The lowest BCUT2D eigenvalue weighted by Crippen LogP contribution is -1.92. The molecule has 2 nitrogen and oxygen atoms in total. The highest BCUT2D eigenvalue weighted by atomic mass is 16.5. The zero-order valence-electron chi connectivity index (χ0n) is 9.01. The number of rotatable bonds is 2. The molecule has 1 heterocycles. The molecule has 0 bridgehead atoms. The van der Waals surface area contributed by atoms with Crippen molar-refractivity contribution in [1.29, 1.82) is 0 Å². The van der Waals surface area contributed by atoms with Crippen molar-refractivity contribution in [1.82, 2.24) is 4.73 Å². The second kappa shape index (κ2) is 3.81. The number of nitrogens with zero attached hydrogens (tertiary/aromatic N) is 1. The first-order valence-electron chi connectivity index (χ1n) is 5.15. The summed E-state index contributed by atoms with van der Waals surface area (Å²) in [5.41, 5.74) is 3.17. The Labute approximate surface area is 89.8 Å². The summed E-state index contributed by atoms with van der Waals surface area (Å²) in [6.45, 7) is 4.34. The maximum atomic E-state index is 9.50. The van der Waals surface area contributed by atoms with Crippen LogP contribution in [-0.4, -0.2) is 9.94 Å². The van der Waals surface area contributed by atoms with Gasteiger partial charge in [0, 0.05) is 11.8 Å². The van der Waals surface area contributed by atoms with Crippen LogP contribution >= 0.6 is 0 Å². The van der Waals surface area contributed by atoms with E-state index in [0.29, 0.717) is 5.92 Å². The Bertz CT molecular complexity index is 440. The molecule has 0 saturated carbocycles. The van der Waals surface area contributed by atoms with E-state index in [1.165, 1.54) is 5.56 Å². The minimum atomic E-state index is 0.542. The van der Waals surface area contributed by atoms with Crippen molar-refractivity contribution in [2.75, 3.05) is 0 Å². The van der Waals surface area contributed by atoms with Gasteiger partial charge in [-0.15, -0.1) is 0 Å². The van der Waals surface area contributed by atoms with Crippen LogP contribution in [0.1, 0.15) is 25.3 Å². The number of hydrogen-bond donors (Lipinski definition) is 1. The van der Waals surface area contributed by atoms with E-state index >= 15 is 0 Å². The van der Waals surface area contributed by atoms with Gasteiger partial charge in [0.05, 0.1) is 5.69 Å². The van der Waals surface area contributed by atoms with Crippen molar-refractivity contribution in [3.8, 4) is 11.3 Å². The standard InChI is InChI=1S/C13H15NO/c1-10(2)11-5-7-12(8-6-11)13-4-3-9-14(13)15/h3-10,15H,1-2H3. The molecule has 15 heavy (non-hydrogen) atoms. The van der Waals surface area contributed by atoms with Crippen LogP contribution in [0.15, 0.2) is 42.6 Å². The van der Waals surface area contributed by atoms with E-state index in [4.69, 9.17) is 0 Å². The second-order valence-electron chi connectivity index (χ2n) is 4.01. The molecular formula is C13H15NO.